The van der Waals surface area contributed by atoms with Gasteiger partial charge in [0.2, 0.25) is 11.0 Å². The van der Waals surface area contributed by atoms with Gasteiger partial charge in [0.15, 0.2) is 0 Å². The fraction of sp³-hybridized carbons (Fsp3) is 0.700. The summed E-state index contributed by atoms with van der Waals surface area (Å²) in [5.41, 5.74) is 0. The maximum Gasteiger partial charge on any atom is 0.240 e. The van der Waals surface area contributed by atoms with Crippen LogP contribution in [0.15, 0.2) is 0 Å². The Morgan fingerprint density at radius 3 is 3.17 bits per heavy atom. The van der Waals surface area contributed by atoms with E-state index in [0.717, 1.165) is 24.5 Å². The van der Waals surface area contributed by atoms with Crippen LogP contribution in [0.3, 0.4) is 0 Å². The molecular formula is C10H16N4O3S. The molecule has 2 rings (SSSR count). The predicted octanol–water partition coefficient (Wildman–Crippen LogP) is -0.0900. The summed E-state index contributed by atoms with van der Waals surface area (Å²) >= 11 is 1.34. The second kappa shape index (κ2) is 6.74. The van der Waals surface area contributed by atoms with E-state index in [0.29, 0.717) is 11.7 Å². The van der Waals surface area contributed by atoms with Gasteiger partial charge < -0.3 is 15.2 Å². The van der Waals surface area contributed by atoms with E-state index in [-0.39, 0.29) is 25.2 Å². The molecule has 1 amide bonds. The lowest BCUT2D eigenvalue weighted by Crippen LogP contribution is -2.29. The average Bonchev–Trinajstić information content (AvgIpc) is 2.98. The van der Waals surface area contributed by atoms with Crippen molar-refractivity contribution in [3.63, 3.8) is 0 Å². The fourth-order valence-corrected chi connectivity index (χ4v) is 2.48. The number of hydrogen-bond acceptors (Lipinski definition) is 7. The number of carbonyl (C=O) groups excluding carboxylic acids is 1. The van der Waals surface area contributed by atoms with Crippen LogP contribution in [0, 0.1) is 0 Å². The smallest absolute Gasteiger partial charge is 0.240 e. The van der Waals surface area contributed by atoms with Crippen LogP contribution >= 0.6 is 11.3 Å². The first-order valence-corrected chi connectivity index (χ1v) is 6.67. The van der Waals surface area contributed by atoms with Crippen LogP contribution in [0.25, 0.3) is 0 Å². The Hall–Kier alpha value is -1.09. The number of rotatable bonds is 6. The van der Waals surface area contributed by atoms with Gasteiger partial charge in [0, 0.05) is 13.2 Å². The van der Waals surface area contributed by atoms with E-state index in [1.54, 1.807) is 0 Å². The third-order valence-corrected chi connectivity index (χ3v) is 3.40. The fourth-order valence-electron chi connectivity index (χ4n) is 1.63. The van der Waals surface area contributed by atoms with Gasteiger partial charge in [0.1, 0.15) is 11.1 Å². The van der Waals surface area contributed by atoms with Gasteiger partial charge in [-0.1, -0.05) is 11.3 Å². The standard InChI is InChI=1S/C10H16N4O3S/c15-4-3-11-6-8(16)12-10-14-13-9(18-10)7-2-1-5-17-7/h7,11,15H,1-6H2,(H,12,14,16). The number of nitrogens with zero attached hydrogens (tertiary/aromatic N) is 2. The minimum atomic E-state index is -0.196. The maximum absolute atomic E-state index is 11.5. The number of nitrogens with one attached hydrogen (secondary N) is 2. The molecule has 1 saturated heterocycles. The topological polar surface area (TPSA) is 96.4 Å². The highest BCUT2D eigenvalue weighted by atomic mass is 32.1. The molecule has 1 unspecified atom stereocenters. The minimum absolute atomic E-state index is 0.00918. The highest BCUT2D eigenvalue weighted by molar-refractivity contribution is 7.15. The van der Waals surface area contributed by atoms with E-state index < -0.39 is 0 Å². The Kier molecular flexibility index (Phi) is 5.00. The first kappa shape index (κ1) is 13.3. The second-order valence-corrected chi connectivity index (χ2v) is 4.90. The highest BCUT2D eigenvalue weighted by Gasteiger charge is 2.22. The quantitative estimate of drug-likeness (QED) is 0.626. The molecule has 7 nitrogen and oxygen atoms in total. The number of carbonyl (C=O) groups is 1. The van der Waals surface area contributed by atoms with Crippen molar-refractivity contribution in [2.75, 3.05) is 31.6 Å². The SMILES string of the molecule is O=C(CNCCO)Nc1nnc(C2CCCO2)s1. The third kappa shape index (κ3) is 3.70. The lowest BCUT2D eigenvalue weighted by molar-refractivity contribution is -0.115. The lowest BCUT2D eigenvalue weighted by Gasteiger charge is -2.03. The van der Waals surface area contributed by atoms with Crippen LogP contribution in [-0.4, -0.2) is 47.5 Å². The molecule has 1 aromatic heterocycles. The van der Waals surface area contributed by atoms with Crippen molar-refractivity contribution < 1.29 is 14.6 Å². The van der Waals surface area contributed by atoms with Gasteiger partial charge in [0.25, 0.3) is 0 Å². The van der Waals surface area contributed by atoms with Crippen LogP contribution in [0.2, 0.25) is 0 Å². The van der Waals surface area contributed by atoms with E-state index in [1.807, 2.05) is 0 Å². The summed E-state index contributed by atoms with van der Waals surface area (Å²) < 4.78 is 5.49. The Balaban J connectivity index is 1.80. The zero-order valence-corrected chi connectivity index (χ0v) is 10.7. The van der Waals surface area contributed by atoms with E-state index in [2.05, 4.69) is 20.8 Å². The summed E-state index contributed by atoms with van der Waals surface area (Å²) in [4.78, 5) is 11.5. The number of anilines is 1. The molecule has 1 aliphatic heterocycles. The summed E-state index contributed by atoms with van der Waals surface area (Å²) in [6.07, 6.45) is 2.03. The van der Waals surface area contributed by atoms with Gasteiger partial charge in [-0.2, -0.15) is 0 Å². The van der Waals surface area contributed by atoms with Gasteiger partial charge in [-0.3, -0.25) is 10.1 Å². The van der Waals surface area contributed by atoms with E-state index in [4.69, 9.17) is 9.84 Å². The summed E-state index contributed by atoms with van der Waals surface area (Å²) in [7, 11) is 0. The van der Waals surface area contributed by atoms with Crippen LogP contribution < -0.4 is 10.6 Å². The van der Waals surface area contributed by atoms with Crippen LogP contribution in [0.5, 0.6) is 0 Å². The zero-order valence-electron chi connectivity index (χ0n) is 9.89. The molecule has 3 N–H and O–H groups in total. The van der Waals surface area contributed by atoms with Gasteiger partial charge >= 0.3 is 0 Å². The first-order valence-electron chi connectivity index (χ1n) is 5.86. The molecule has 1 aromatic rings. The molecule has 0 aromatic carbocycles. The molecule has 0 radical (unpaired) electrons. The predicted molar refractivity (Wildman–Crippen MR) is 66.4 cm³/mol. The molecule has 0 bridgehead atoms. The van der Waals surface area contributed by atoms with Crippen LogP contribution in [-0.2, 0) is 9.53 Å². The number of aliphatic hydroxyl groups excluding tert-OH is 1. The molecule has 0 spiro atoms. The first-order chi connectivity index (χ1) is 8.79. The van der Waals surface area contributed by atoms with Crippen LogP contribution in [0.4, 0.5) is 5.13 Å². The van der Waals surface area contributed by atoms with Gasteiger partial charge in [-0.05, 0) is 12.8 Å². The van der Waals surface area contributed by atoms with E-state index in [1.165, 1.54) is 11.3 Å². The normalized spacial score (nSPS) is 19.1. The largest absolute Gasteiger partial charge is 0.395 e. The Morgan fingerprint density at radius 2 is 2.44 bits per heavy atom. The van der Waals surface area contributed by atoms with Crippen molar-refractivity contribution >= 4 is 22.4 Å². The lowest BCUT2D eigenvalue weighted by atomic mass is 10.2. The number of hydrogen-bond donors (Lipinski definition) is 3. The Bertz CT molecular complexity index is 392. The molecule has 2 heterocycles. The summed E-state index contributed by atoms with van der Waals surface area (Å²) in [5.74, 6) is -0.196. The molecule has 100 valence electrons. The molecule has 1 atom stereocenters. The number of amides is 1. The van der Waals surface area contributed by atoms with Crippen LogP contribution in [0.1, 0.15) is 24.0 Å². The second-order valence-electron chi connectivity index (χ2n) is 3.90. The third-order valence-electron chi connectivity index (χ3n) is 2.47. The van der Waals surface area contributed by atoms with Crippen molar-refractivity contribution in [3.05, 3.63) is 5.01 Å². The van der Waals surface area contributed by atoms with Gasteiger partial charge in [-0.15, -0.1) is 10.2 Å². The molecular weight excluding hydrogens is 256 g/mol. The number of ether oxygens (including phenoxy) is 1. The van der Waals surface area contributed by atoms with E-state index >= 15 is 0 Å². The number of aromatic nitrogens is 2. The minimum Gasteiger partial charge on any atom is -0.395 e. The summed E-state index contributed by atoms with van der Waals surface area (Å²) in [6, 6.07) is 0. The zero-order chi connectivity index (χ0) is 12.8. The Morgan fingerprint density at radius 1 is 1.56 bits per heavy atom. The molecule has 0 saturated carbocycles. The summed E-state index contributed by atoms with van der Waals surface area (Å²) in [6.45, 7) is 1.31. The highest BCUT2D eigenvalue weighted by Crippen LogP contribution is 2.31. The number of aliphatic hydroxyl groups is 1. The van der Waals surface area contributed by atoms with Gasteiger partial charge in [0.05, 0.1) is 13.2 Å². The average molecular weight is 272 g/mol. The molecule has 1 aliphatic rings. The molecule has 0 aliphatic carbocycles. The molecule has 18 heavy (non-hydrogen) atoms. The Labute approximate surface area is 109 Å². The van der Waals surface area contributed by atoms with E-state index in [9.17, 15) is 4.79 Å². The summed E-state index contributed by atoms with van der Waals surface area (Å²) in [5, 5.41) is 23.2. The monoisotopic (exact) mass is 272 g/mol. The van der Waals surface area contributed by atoms with Crippen molar-refractivity contribution in [2.24, 2.45) is 0 Å². The van der Waals surface area contributed by atoms with Crippen molar-refractivity contribution in [1.82, 2.24) is 15.5 Å². The molecule has 1 fully saturated rings. The maximum atomic E-state index is 11.5. The van der Waals surface area contributed by atoms with Crippen molar-refractivity contribution in [2.45, 2.75) is 18.9 Å². The van der Waals surface area contributed by atoms with Crippen molar-refractivity contribution in [1.29, 1.82) is 0 Å². The van der Waals surface area contributed by atoms with Crippen molar-refractivity contribution in [3.8, 4) is 0 Å². The van der Waals surface area contributed by atoms with Gasteiger partial charge in [-0.25, -0.2) is 0 Å². The molecule has 8 heteroatoms.